The lowest BCUT2D eigenvalue weighted by Gasteiger charge is -2.33. The number of rotatable bonds is 0. The molecule has 1 aromatic heterocycles. The highest BCUT2D eigenvalue weighted by Crippen LogP contribution is 2.54. The second-order valence-corrected chi connectivity index (χ2v) is 6.67. The molecule has 5 rings (SSSR count). The smallest absolute Gasteiger partial charge is 0.345 e. The number of carbonyl (C=O) groups excluding carboxylic acids is 1. The lowest BCUT2D eigenvalue weighted by molar-refractivity contribution is -0.120. The number of carbonyl (C=O) groups is 1. The van der Waals surface area contributed by atoms with E-state index in [-0.39, 0.29) is 22.8 Å². The highest BCUT2D eigenvalue weighted by molar-refractivity contribution is 6.14. The van der Waals surface area contributed by atoms with E-state index >= 15 is 0 Å². The summed E-state index contributed by atoms with van der Waals surface area (Å²) in [7, 11) is 1.60. The van der Waals surface area contributed by atoms with Gasteiger partial charge in [-0.1, -0.05) is 30.3 Å². The minimum Gasteiger partial charge on any atom is -0.439 e. The Kier molecular flexibility index (Phi) is 3.02. The van der Waals surface area contributed by atoms with Crippen LogP contribution in [0.3, 0.4) is 0 Å². The fraction of sp³-hybridized carbons (Fsp3) is 0.0952. The topological polar surface area (TPSA) is 110 Å². The van der Waals surface area contributed by atoms with E-state index in [2.05, 4.69) is 0 Å². The molecule has 0 unspecified atom stereocenters. The molecule has 1 spiro atoms. The molecule has 7 heteroatoms. The number of nitrogens with zero attached hydrogens (tertiary/aromatic N) is 2. The molecule has 0 radical (unpaired) electrons. The molecule has 0 aliphatic carbocycles. The highest BCUT2D eigenvalue weighted by Gasteiger charge is 2.60. The summed E-state index contributed by atoms with van der Waals surface area (Å²) in [6.45, 7) is 0. The first kappa shape index (κ1) is 16.1. The molecule has 3 aromatic rings. The van der Waals surface area contributed by atoms with Gasteiger partial charge in [0, 0.05) is 18.3 Å². The molecular formula is C21H13N3O4. The Balaban J connectivity index is 2.04. The third-order valence-electron chi connectivity index (χ3n) is 5.38. The molecule has 0 saturated heterocycles. The molecule has 136 valence electrons. The van der Waals surface area contributed by atoms with Gasteiger partial charge in [-0.05, 0) is 18.2 Å². The summed E-state index contributed by atoms with van der Waals surface area (Å²) in [5, 5.41) is 10.4. The van der Waals surface area contributed by atoms with Crippen LogP contribution in [-0.2, 0) is 10.2 Å². The van der Waals surface area contributed by atoms with Crippen LogP contribution >= 0.6 is 0 Å². The number of likely N-dealkylation sites (N-methyl/N-ethyl adjacent to an activating group) is 1. The van der Waals surface area contributed by atoms with Gasteiger partial charge < -0.3 is 19.8 Å². The summed E-state index contributed by atoms with van der Waals surface area (Å²) in [5.41, 5.74) is 4.89. The third kappa shape index (κ3) is 1.67. The number of amides is 1. The van der Waals surface area contributed by atoms with Crippen LogP contribution in [0.4, 0.5) is 5.69 Å². The highest BCUT2D eigenvalue weighted by atomic mass is 16.5. The van der Waals surface area contributed by atoms with E-state index in [0.717, 1.165) is 0 Å². The Morgan fingerprint density at radius 1 is 1.11 bits per heavy atom. The van der Waals surface area contributed by atoms with Crippen molar-refractivity contribution in [2.24, 2.45) is 5.73 Å². The van der Waals surface area contributed by atoms with Crippen molar-refractivity contribution in [3.05, 3.63) is 81.5 Å². The number of ether oxygens (including phenoxy) is 1. The number of fused-ring (bicyclic) bond motifs is 6. The van der Waals surface area contributed by atoms with E-state index < -0.39 is 16.9 Å². The van der Waals surface area contributed by atoms with E-state index in [1.807, 2.05) is 6.07 Å². The van der Waals surface area contributed by atoms with E-state index in [4.69, 9.17) is 14.9 Å². The van der Waals surface area contributed by atoms with Gasteiger partial charge in [-0.15, -0.1) is 0 Å². The third-order valence-corrected chi connectivity index (χ3v) is 5.38. The summed E-state index contributed by atoms with van der Waals surface area (Å²) in [6, 6.07) is 15.8. The summed E-state index contributed by atoms with van der Waals surface area (Å²) < 4.78 is 11.2. The van der Waals surface area contributed by atoms with Gasteiger partial charge in [0.15, 0.2) is 11.2 Å². The largest absolute Gasteiger partial charge is 0.439 e. The maximum Gasteiger partial charge on any atom is 0.345 e. The molecule has 2 aromatic carbocycles. The second-order valence-electron chi connectivity index (χ2n) is 6.67. The maximum atomic E-state index is 13.6. The maximum absolute atomic E-state index is 13.6. The number of nitrogens with two attached hydrogens (primary N) is 1. The van der Waals surface area contributed by atoms with Crippen LogP contribution in [0.1, 0.15) is 11.1 Å². The van der Waals surface area contributed by atoms with Crippen molar-refractivity contribution < 1.29 is 13.9 Å². The van der Waals surface area contributed by atoms with Gasteiger partial charge >= 0.3 is 5.63 Å². The van der Waals surface area contributed by atoms with Gasteiger partial charge in [0.25, 0.3) is 0 Å². The fourth-order valence-electron chi connectivity index (χ4n) is 4.20. The summed E-state index contributed by atoms with van der Waals surface area (Å²) in [5.74, 6) is -0.522. The molecule has 1 atom stereocenters. The van der Waals surface area contributed by atoms with E-state index in [1.165, 1.54) is 4.90 Å². The van der Waals surface area contributed by atoms with Crippen LogP contribution in [-0.4, -0.2) is 13.0 Å². The lowest BCUT2D eigenvalue weighted by atomic mass is 9.69. The molecule has 2 aliphatic rings. The predicted molar refractivity (Wildman–Crippen MR) is 101 cm³/mol. The molecule has 28 heavy (non-hydrogen) atoms. The molecule has 2 N–H and O–H groups in total. The minimum atomic E-state index is -1.71. The van der Waals surface area contributed by atoms with Crippen LogP contribution in [0, 0.1) is 11.3 Å². The van der Waals surface area contributed by atoms with Crippen molar-refractivity contribution in [1.29, 1.82) is 5.26 Å². The Labute approximate surface area is 158 Å². The van der Waals surface area contributed by atoms with Crippen molar-refractivity contribution in [2.75, 3.05) is 11.9 Å². The lowest BCUT2D eigenvalue weighted by Crippen LogP contribution is -2.47. The molecular weight excluding hydrogens is 358 g/mol. The molecule has 1 amide bonds. The predicted octanol–water partition coefficient (Wildman–Crippen LogP) is 2.14. The number of nitriles is 1. The molecule has 0 fully saturated rings. The Bertz CT molecular complexity index is 1330. The monoisotopic (exact) mass is 371 g/mol. The number of hydrogen-bond acceptors (Lipinski definition) is 6. The molecule has 7 nitrogen and oxygen atoms in total. The quantitative estimate of drug-likeness (QED) is 0.606. The van der Waals surface area contributed by atoms with Crippen LogP contribution in [0.25, 0.3) is 11.0 Å². The molecule has 3 heterocycles. The van der Waals surface area contributed by atoms with Crippen molar-refractivity contribution >= 4 is 22.6 Å². The Hall–Kier alpha value is -4.05. The van der Waals surface area contributed by atoms with Gasteiger partial charge in [-0.3, -0.25) is 4.79 Å². The first-order chi connectivity index (χ1) is 13.5. The van der Waals surface area contributed by atoms with Crippen LogP contribution in [0.2, 0.25) is 0 Å². The van der Waals surface area contributed by atoms with Gasteiger partial charge in [-0.2, -0.15) is 5.26 Å². The van der Waals surface area contributed by atoms with Gasteiger partial charge in [-0.25, -0.2) is 4.79 Å². The number of anilines is 1. The zero-order valence-corrected chi connectivity index (χ0v) is 14.7. The first-order valence-corrected chi connectivity index (χ1v) is 8.54. The SMILES string of the molecule is CN1C(=O)[C@]2(C(C#N)=C(N)Oc3c2c(=O)oc2ccccc32)c2ccccc21. The van der Waals surface area contributed by atoms with Crippen molar-refractivity contribution in [3.8, 4) is 11.8 Å². The minimum absolute atomic E-state index is 0.0289. The fourth-order valence-corrected chi connectivity index (χ4v) is 4.20. The van der Waals surface area contributed by atoms with Crippen LogP contribution in [0.15, 0.2) is 69.2 Å². The molecule has 0 saturated carbocycles. The van der Waals surface area contributed by atoms with E-state index in [0.29, 0.717) is 22.2 Å². The summed E-state index contributed by atoms with van der Waals surface area (Å²) >= 11 is 0. The van der Waals surface area contributed by atoms with Gasteiger partial charge in [0.1, 0.15) is 22.8 Å². The molecule has 0 bridgehead atoms. The Morgan fingerprint density at radius 2 is 1.82 bits per heavy atom. The standard InChI is InChI=1S/C21H13N3O4/c1-24-14-8-4-3-7-12(14)21(20(24)26)13(10-22)18(23)28-17-11-6-2-5-9-15(11)27-19(25)16(17)21/h2-9H,23H2,1H3/t21-/m0/s1. The van der Waals surface area contributed by atoms with Gasteiger partial charge in [0.2, 0.25) is 11.8 Å². The van der Waals surface area contributed by atoms with Crippen molar-refractivity contribution in [1.82, 2.24) is 0 Å². The van der Waals surface area contributed by atoms with Crippen molar-refractivity contribution in [3.63, 3.8) is 0 Å². The zero-order chi connectivity index (χ0) is 19.6. The average molecular weight is 371 g/mol. The van der Waals surface area contributed by atoms with E-state index in [1.54, 1.807) is 55.6 Å². The van der Waals surface area contributed by atoms with Crippen LogP contribution < -0.4 is 21.0 Å². The first-order valence-electron chi connectivity index (χ1n) is 8.54. The average Bonchev–Trinajstić information content (AvgIpc) is 2.91. The Morgan fingerprint density at radius 3 is 2.61 bits per heavy atom. The number of hydrogen-bond donors (Lipinski definition) is 1. The normalized spacial score (nSPS) is 20.1. The summed E-state index contributed by atoms with van der Waals surface area (Å²) in [4.78, 5) is 28.1. The number of benzene rings is 2. The number of para-hydroxylation sites is 2. The van der Waals surface area contributed by atoms with Crippen molar-refractivity contribution in [2.45, 2.75) is 5.41 Å². The zero-order valence-electron chi connectivity index (χ0n) is 14.7. The van der Waals surface area contributed by atoms with Gasteiger partial charge in [0.05, 0.1) is 5.39 Å². The summed E-state index contributed by atoms with van der Waals surface area (Å²) in [6.07, 6.45) is 0. The van der Waals surface area contributed by atoms with Crippen LogP contribution in [0.5, 0.6) is 5.75 Å². The van der Waals surface area contributed by atoms with E-state index in [9.17, 15) is 14.9 Å². The second kappa shape index (κ2) is 5.24. The molecule has 2 aliphatic heterocycles.